The van der Waals surface area contributed by atoms with Crippen molar-refractivity contribution in [3.8, 4) is 0 Å². The van der Waals surface area contributed by atoms with Crippen molar-refractivity contribution in [1.82, 2.24) is 14.0 Å². The Kier molecular flexibility index (Phi) is 2.83. The highest BCUT2D eigenvalue weighted by atomic mass is 32.1. The molecular formula is C14H13N3OS. The van der Waals surface area contributed by atoms with Gasteiger partial charge in [-0.25, -0.2) is 4.98 Å². The molecule has 0 N–H and O–H groups in total. The molecule has 0 aliphatic rings. The van der Waals surface area contributed by atoms with E-state index in [9.17, 15) is 4.79 Å². The summed E-state index contributed by atoms with van der Waals surface area (Å²) in [5, 5.41) is 1.87. The van der Waals surface area contributed by atoms with E-state index in [4.69, 9.17) is 0 Å². The minimum absolute atomic E-state index is 0.00205. The molecule has 0 saturated heterocycles. The van der Waals surface area contributed by atoms with E-state index in [2.05, 4.69) is 4.98 Å². The molecule has 0 saturated carbocycles. The van der Waals surface area contributed by atoms with Crippen LogP contribution in [0.4, 0.5) is 0 Å². The van der Waals surface area contributed by atoms with Crippen LogP contribution in [0.1, 0.15) is 17.0 Å². The summed E-state index contributed by atoms with van der Waals surface area (Å²) >= 11 is 1.46. The van der Waals surface area contributed by atoms with Gasteiger partial charge in [-0.05, 0) is 31.2 Å². The van der Waals surface area contributed by atoms with E-state index in [1.807, 2.05) is 54.4 Å². The number of fused-ring (bicyclic) bond motifs is 1. The van der Waals surface area contributed by atoms with Crippen LogP contribution in [0.5, 0.6) is 0 Å². The largest absolute Gasteiger partial charge is 0.351 e. The summed E-state index contributed by atoms with van der Waals surface area (Å²) in [5.74, 6) is 0. The Morgan fingerprint density at radius 2 is 2.16 bits per heavy atom. The zero-order valence-electron chi connectivity index (χ0n) is 10.7. The van der Waals surface area contributed by atoms with E-state index in [-0.39, 0.29) is 5.56 Å². The molecule has 4 nitrogen and oxygen atoms in total. The van der Waals surface area contributed by atoms with Crippen LogP contribution < -0.4 is 5.56 Å². The van der Waals surface area contributed by atoms with Gasteiger partial charge in [-0.3, -0.25) is 9.20 Å². The average Bonchev–Trinajstić information content (AvgIpc) is 3.01. The third-order valence-electron chi connectivity index (χ3n) is 3.13. The maximum atomic E-state index is 12.1. The molecule has 3 aromatic heterocycles. The molecule has 3 aromatic rings. The predicted molar refractivity (Wildman–Crippen MR) is 78.4 cm³/mol. The van der Waals surface area contributed by atoms with E-state index in [0.29, 0.717) is 5.56 Å². The molecular weight excluding hydrogens is 258 g/mol. The fraction of sp³-hybridized carbons (Fsp3) is 0.143. The summed E-state index contributed by atoms with van der Waals surface area (Å²) in [5.41, 5.74) is 2.47. The van der Waals surface area contributed by atoms with Crippen molar-refractivity contribution in [2.75, 3.05) is 0 Å². The highest BCUT2D eigenvalue weighted by molar-refractivity contribution is 7.15. The monoisotopic (exact) mass is 271 g/mol. The summed E-state index contributed by atoms with van der Waals surface area (Å²) in [6.07, 6.45) is 7.61. The van der Waals surface area contributed by atoms with Crippen LogP contribution in [0.15, 0.2) is 34.7 Å². The van der Waals surface area contributed by atoms with Gasteiger partial charge in [0, 0.05) is 36.1 Å². The van der Waals surface area contributed by atoms with Crippen LogP contribution in [-0.2, 0) is 7.05 Å². The molecule has 19 heavy (non-hydrogen) atoms. The second-order valence-electron chi connectivity index (χ2n) is 4.36. The van der Waals surface area contributed by atoms with Gasteiger partial charge in [0.1, 0.15) is 0 Å². The molecule has 0 amide bonds. The molecule has 0 spiro atoms. The van der Waals surface area contributed by atoms with Crippen molar-refractivity contribution in [1.29, 1.82) is 0 Å². The predicted octanol–water partition coefficient (Wildman–Crippen LogP) is 2.57. The smallest absolute Gasteiger partial charge is 0.262 e. The van der Waals surface area contributed by atoms with E-state index < -0.39 is 0 Å². The van der Waals surface area contributed by atoms with E-state index in [0.717, 1.165) is 16.3 Å². The van der Waals surface area contributed by atoms with Crippen LogP contribution >= 0.6 is 11.3 Å². The standard InChI is InChI=1S/C14H13N3OS/c1-10-12(6-5-11-4-3-7-16(11)2)15-14-17(13(10)18)8-9-19-14/h3-9H,1-2H3/b6-5+. The highest BCUT2D eigenvalue weighted by Crippen LogP contribution is 2.12. The molecule has 3 rings (SSSR count). The Labute approximate surface area is 114 Å². The van der Waals surface area contributed by atoms with Gasteiger partial charge in [-0.2, -0.15) is 0 Å². The third-order valence-corrected chi connectivity index (χ3v) is 3.88. The molecule has 0 atom stereocenters. The normalized spacial score (nSPS) is 11.7. The lowest BCUT2D eigenvalue weighted by Gasteiger charge is -2.01. The summed E-state index contributed by atoms with van der Waals surface area (Å²) in [7, 11) is 1.98. The summed E-state index contributed by atoms with van der Waals surface area (Å²) < 4.78 is 3.60. The molecule has 0 aromatic carbocycles. The topological polar surface area (TPSA) is 39.3 Å². The van der Waals surface area contributed by atoms with Crippen molar-refractivity contribution in [2.45, 2.75) is 6.92 Å². The summed E-state index contributed by atoms with van der Waals surface area (Å²) in [6.45, 7) is 1.81. The first kappa shape index (κ1) is 11.9. The van der Waals surface area contributed by atoms with Crippen LogP contribution in [0.25, 0.3) is 17.1 Å². The number of thiazole rings is 1. The van der Waals surface area contributed by atoms with Crippen molar-refractivity contribution < 1.29 is 0 Å². The first-order chi connectivity index (χ1) is 9.16. The van der Waals surface area contributed by atoms with Gasteiger partial charge in [0.05, 0.1) is 5.69 Å². The van der Waals surface area contributed by atoms with Gasteiger partial charge >= 0.3 is 0 Å². The number of aryl methyl sites for hydroxylation is 1. The molecule has 0 aliphatic heterocycles. The third kappa shape index (κ3) is 2.02. The van der Waals surface area contributed by atoms with Crippen LogP contribution in [0.2, 0.25) is 0 Å². The van der Waals surface area contributed by atoms with E-state index in [1.54, 1.807) is 10.6 Å². The van der Waals surface area contributed by atoms with Gasteiger partial charge < -0.3 is 4.57 Å². The zero-order chi connectivity index (χ0) is 13.4. The number of aromatic nitrogens is 3. The SMILES string of the molecule is Cc1c(/C=C/c2cccn2C)nc2sccn2c1=O. The van der Waals surface area contributed by atoms with Crippen molar-refractivity contribution in [3.63, 3.8) is 0 Å². The zero-order valence-corrected chi connectivity index (χ0v) is 11.5. The van der Waals surface area contributed by atoms with Gasteiger partial charge in [0.15, 0.2) is 4.96 Å². The van der Waals surface area contributed by atoms with Crippen molar-refractivity contribution >= 4 is 28.4 Å². The Balaban J connectivity index is 2.11. The highest BCUT2D eigenvalue weighted by Gasteiger charge is 2.07. The molecule has 0 unspecified atom stereocenters. The Morgan fingerprint density at radius 1 is 1.32 bits per heavy atom. The number of hydrogen-bond acceptors (Lipinski definition) is 3. The quantitative estimate of drug-likeness (QED) is 0.718. The number of hydrogen-bond donors (Lipinski definition) is 0. The minimum atomic E-state index is -0.00205. The number of rotatable bonds is 2. The fourth-order valence-electron chi connectivity index (χ4n) is 1.96. The fourth-order valence-corrected chi connectivity index (χ4v) is 2.67. The Bertz CT molecular complexity index is 823. The number of nitrogens with zero attached hydrogens (tertiary/aromatic N) is 3. The maximum Gasteiger partial charge on any atom is 0.262 e. The summed E-state index contributed by atoms with van der Waals surface area (Å²) in [6, 6.07) is 4.00. The first-order valence-electron chi connectivity index (χ1n) is 5.92. The van der Waals surface area contributed by atoms with E-state index >= 15 is 0 Å². The van der Waals surface area contributed by atoms with Gasteiger partial charge in [0.2, 0.25) is 0 Å². The maximum absolute atomic E-state index is 12.1. The minimum Gasteiger partial charge on any atom is -0.351 e. The van der Waals surface area contributed by atoms with E-state index in [1.165, 1.54) is 11.3 Å². The molecule has 3 heterocycles. The van der Waals surface area contributed by atoms with Gasteiger partial charge in [0.25, 0.3) is 5.56 Å². The molecule has 0 radical (unpaired) electrons. The van der Waals surface area contributed by atoms with Crippen molar-refractivity contribution in [3.05, 3.63) is 57.2 Å². The van der Waals surface area contributed by atoms with Crippen LogP contribution in [0.3, 0.4) is 0 Å². The Hall–Kier alpha value is -2.14. The first-order valence-corrected chi connectivity index (χ1v) is 6.80. The lowest BCUT2D eigenvalue weighted by molar-refractivity contribution is 0.915. The Morgan fingerprint density at radius 3 is 2.89 bits per heavy atom. The second kappa shape index (κ2) is 4.51. The summed E-state index contributed by atoms with van der Waals surface area (Å²) in [4.78, 5) is 17.4. The average molecular weight is 271 g/mol. The molecule has 0 bridgehead atoms. The lowest BCUT2D eigenvalue weighted by Crippen LogP contribution is -2.17. The molecule has 0 fully saturated rings. The van der Waals surface area contributed by atoms with Gasteiger partial charge in [-0.1, -0.05) is 0 Å². The van der Waals surface area contributed by atoms with Gasteiger partial charge in [-0.15, -0.1) is 11.3 Å². The van der Waals surface area contributed by atoms with Crippen LogP contribution in [-0.4, -0.2) is 14.0 Å². The van der Waals surface area contributed by atoms with Crippen molar-refractivity contribution in [2.24, 2.45) is 7.05 Å². The lowest BCUT2D eigenvalue weighted by atomic mass is 10.2. The molecule has 5 heteroatoms. The van der Waals surface area contributed by atoms with Crippen LogP contribution in [0, 0.1) is 6.92 Å². The molecule has 96 valence electrons. The molecule has 0 aliphatic carbocycles. The second-order valence-corrected chi connectivity index (χ2v) is 5.23.